The Labute approximate surface area is 178 Å². The number of aliphatic hydroxyl groups excluding tert-OH is 2. The molecule has 0 aliphatic heterocycles. The summed E-state index contributed by atoms with van der Waals surface area (Å²) in [4.78, 5) is 0. The molecular formula is C27H44O2. The summed E-state index contributed by atoms with van der Waals surface area (Å²) in [7, 11) is 0. The largest absolute Gasteiger partial charge is 0.393 e. The lowest BCUT2D eigenvalue weighted by Crippen LogP contribution is -2.53. The van der Waals surface area contributed by atoms with Crippen LogP contribution < -0.4 is 0 Å². The van der Waals surface area contributed by atoms with Crippen molar-refractivity contribution in [1.29, 1.82) is 0 Å². The van der Waals surface area contributed by atoms with Crippen molar-refractivity contribution in [2.75, 3.05) is 0 Å². The number of rotatable bonds is 4. The molecule has 1 unspecified atom stereocenters. The van der Waals surface area contributed by atoms with Gasteiger partial charge in [-0.05, 0) is 113 Å². The predicted molar refractivity (Wildman–Crippen MR) is 120 cm³/mol. The normalized spacial score (nSPS) is 45.3. The van der Waals surface area contributed by atoms with E-state index >= 15 is 0 Å². The van der Waals surface area contributed by atoms with Crippen LogP contribution in [0.2, 0.25) is 0 Å². The van der Waals surface area contributed by atoms with E-state index < -0.39 is 0 Å². The SMILES string of the molecule is CC(C)=CCC[C@@H](C)[C@H]1CCC2=C3C[C@H](O)[C@H]4C[C@@H](O)CC[C@]4(C)C3CC[C@@]21C. The van der Waals surface area contributed by atoms with Gasteiger partial charge in [0.15, 0.2) is 0 Å². The first-order valence-corrected chi connectivity index (χ1v) is 12.4. The maximum Gasteiger partial charge on any atom is 0.0612 e. The summed E-state index contributed by atoms with van der Waals surface area (Å²) in [6.07, 6.45) is 13.4. The fraction of sp³-hybridized carbons (Fsp3) is 0.852. The molecule has 0 heterocycles. The van der Waals surface area contributed by atoms with Gasteiger partial charge in [0.2, 0.25) is 0 Å². The molecule has 0 spiro atoms. The summed E-state index contributed by atoms with van der Waals surface area (Å²) < 4.78 is 0. The van der Waals surface area contributed by atoms with E-state index in [1.165, 1.54) is 44.1 Å². The second-order valence-corrected chi connectivity index (χ2v) is 11.8. The first-order chi connectivity index (χ1) is 13.7. The van der Waals surface area contributed by atoms with Crippen LogP contribution in [0.4, 0.5) is 0 Å². The Balaban J connectivity index is 1.60. The molecule has 0 amide bonds. The lowest BCUT2D eigenvalue weighted by molar-refractivity contribution is -0.0962. The van der Waals surface area contributed by atoms with Gasteiger partial charge in [-0.25, -0.2) is 0 Å². The summed E-state index contributed by atoms with van der Waals surface area (Å²) in [6.45, 7) is 11.9. The average Bonchev–Trinajstić information content (AvgIpc) is 3.00. The van der Waals surface area contributed by atoms with E-state index in [0.717, 1.165) is 37.5 Å². The summed E-state index contributed by atoms with van der Waals surface area (Å²) in [5.41, 5.74) is 5.38. The highest BCUT2D eigenvalue weighted by atomic mass is 16.3. The zero-order valence-corrected chi connectivity index (χ0v) is 19.5. The predicted octanol–water partition coefficient (Wildman–Crippen LogP) is 6.42. The molecule has 29 heavy (non-hydrogen) atoms. The second kappa shape index (κ2) is 7.83. The Morgan fingerprint density at radius 1 is 1.14 bits per heavy atom. The van der Waals surface area contributed by atoms with Gasteiger partial charge in [-0.3, -0.25) is 0 Å². The van der Waals surface area contributed by atoms with E-state index in [4.69, 9.17) is 0 Å². The van der Waals surface area contributed by atoms with Crippen molar-refractivity contribution in [3.63, 3.8) is 0 Å². The highest BCUT2D eigenvalue weighted by Crippen LogP contribution is 2.65. The molecule has 0 radical (unpaired) electrons. The first-order valence-electron chi connectivity index (χ1n) is 12.4. The van der Waals surface area contributed by atoms with Crippen molar-refractivity contribution >= 4 is 0 Å². The van der Waals surface area contributed by atoms with E-state index in [1.54, 1.807) is 11.1 Å². The molecular weight excluding hydrogens is 356 g/mol. The number of hydrogen-bond acceptors (Lipinski definition) is 2. The maximum atomic E-state index is 11.1. The molecule has 2 N–H and O–H groups in total. The van der Waals surface area contributed by atoms with Gasteiger partial charge in [0.1, 0.15) is 0 Å². The molecule has 3 saturated carbocycles. The van der Waals surface area contributed by atoms with Crippen LogP contribution in [-0.2, 0) is 0 Å². The van der Waals surface area contributed by atoms with Crippen LogP contribution in [-0.4, -0.2) is 22.4 Å². The van der Waals surface area contributed by atoms with E-state index in [-0.39, 0.29) is 23.5 Å². The topological polar surface area (TPSA) is 40.5 Å². The zero-order chi connectivity index (χ0) is 21.0. The Kier molecular flexibility index (Phi) is 5.84. The lowest BCUT2D eigenvalue weighted by atomic mass is 9.48. The van der Waals surface area contributed by atoms with Gasteiger partial charge in [0.25, 0.3) is 0 Å². The van der Waals surface area contributed by atoms with Gasteiger partial charge in [-0.15, -0.1) is 0 Å². The number of allylic oxidation sites excluding steroid dienone is 3. The van der Waals surface area contributed by atoms with E-state index in [9.17, 15) is 10.2 Å². The third kappa shape index (κ3) is 3.57. The van der Waals surface area contributed by atoms with E-state index in [1.807, 2.05) is 0 Å². The van der Waals surface area contributed by atoms with E-state index in [2.05, 4.69) is 40.7 Å². The van der Waals surface area contributed by atoms with Gasteiger partial charge in [-0.2, -0.15) is 0 Å². The summed E-state index contributed by atoms with van der Waals surface area (Å²) in [5.74, 6) is 2.50. The second-order valence-electron chi connectivity index (χ2n) is 11.8. The minimum atomic E-state index is -0.259. The molecule has 4 rings (SSSR count). The van der Waals surface area contributed by atoms with Crippen LogP contribution in [0, 0.1) is 34.5 Å². The van der Waals surface area contributed by atoms with Crippen LogP contribution in [0.5, 0.6) is 0 Å². The lowest BCUT2D eigenvalue weighted by Gasteiger charge is -2.58. The van der Waals surface area contributed by atoms with Crippen molar-refractivity contribution < 1.29 is 10.2 Å². The first kappa shape index (κ1) is 21.6. The highest BCUT2D eigenvalue weighted by Gasteiger charge is 2.57. The summed E-state index contributed by atoms with van der Waals surface area (Å²) in [6, 6.07) is 0. The standard InChI is InChI=1S/C27H44O2/c1-17(2)7-6-8-18(3)21-9-10-22-20-16-25(29)24-15-19(28)11-13-27(24,5)23(20)12-14-26(21,22)4/h7,18-19,21,23-25,28-29H,6,8-16H2,1-5H3/t18-,19+,21-,23?,24-,25+,26-,27-/m1/s1. The quantitative estimate of drug-likeness (QED) is 0.534. The fourth-order valence-corrected chi connectivity index (χ4v) is 8.30. The summed E-state index contributed by atoms with van der Waals surface area (Å²) in [5, 5.41) is 21.4. The van der Waals surface area contributed by atoms with Gasteiger partial charge in [0, 0.05) is 0 Å². The maximum absolute atomic E-state index is 11.1. The molecule has 3 fully saturated rings. The van der Waals surface area contributed by atoms with Crippen LogP contribution in [0.15, 0.2) is 22.8 Å². The Hall–Kier alpha value is -0.600. The Bertz CT molecular complexity index is 687. The van der Waals surface area contributed by atoms with Gasteiger partial charge in [-0.1, -0.05) is 43.6 Å². The molecule has 164 valence electrons. The van der Waals surface area contributed by atoms with Crippen LogP contribution >= 0.6 is 0 Å². The molecule has 4 aliphatic carbocycles. The molecule has 0 aromatic heterocycles. The van der Waals surface area contributed by atoms with Crippen molar-refractivity contribution in [2.45, 2.75) is 111 Å². The van der Waals surface area contributed by atoms with Gasteiger partial charge < -0.3 is 10.2 Å². The van der Waals surface area contributed by atoms with Crippen molar-refractivity contribution in [2.24, 2.45) is 34.5 Å². The Morgan fingerprint density at radius 2 is 1.90 bits per heavy atom. The van der Waals surface area contributed by atoms with Gasteiger partial charge in [0.05, 0.1) is 12.2 Å². The molecule has 0 bridgehead atoms. The molecule has 2 heteroatoms. The van der Waals surface area contributed by atoms with Crippen LogP contribution in [0.25, 0.3) is 0 Å². The molecule has 0 saturated heterocycles. The summed E-state index contributed by atoms with van der Waals surface area (Å²) >= 11 is 0. The molecule has 4 aliphatic rings. The molecule has 0 aromatic rings. The van der Waals surface area contributed by atoms with Crippen molar-refractivity contribution in [3.05, 3.63) is 22.8 Å². The molecule has 2 nitrogen and oxygen atoms in total. The van der Waals surface area contributed by atoms with Crippen LogP contribution in [0.1, 0.15) is 98.8 Å². The molecule has 8 atom stereocenters. The number of hydrogen-bond donors (Lipinski definition) is 2. The number of aliphatic hydroxyl groups is 2. The number of fused-ring (bicyclic) bond motifs is 4. The third-order valence-electron chi connectivity index (χ3n) is 9.91. The fourth-order valence-electron chi connectivity index (χ4n) is 8.30. The van der Waals surface area contributed by atoms with Gasteiger partial charge >= 0.3 is 0 Å². The smallest absolute Gasteiger partial charge is 0.0612 e. The minimum absolute atomic E-state index is 0.188. The monoisotopic (exact) mass is 400 g/mol. The minimum Gasteiger partial charge on any atom is -0.393 e. The zero-order valence-electron chi connectivity index (χ0n) is 19.5. The molecule has 0 aromatic carbocycles. The van der Waals surface area contributed by atoms with Crippen molar-refractivity contribution in [3.8, 4) is 0 Å². The Morgan fingerprint density at radius 3 is 2.62 bits per heavy atom. The van der Waals surface area contributed by atoms with Crippen molar-refractivity contribution in [1.82, 2.24) is 0 Å². The van der Waals surface area contributed by atoms with E-state index in [0.29, 0.717) is 11.3 Å². The highest BCUT2D eigenvalue weighted by molar-refractivity contribution is 5.35. The average molecular weight is 401 g/mol. The van der Waals surface area contributed by atoms with Crippen LogP contribution in [0.3, 0.4) is 0 Å². The third-order valence-corrected chi connectivity index (χ3v) is 9.91.